The lowest BCUT2D eigenvalue weighted by molar-refractivity contribution is -0.118. The molecule has 0 aliphatic carbocycles. The molecular weight excluding hydrogens is 336 g/mol. The van der Waals surface area contributed by atoms with Gasteiger partial charge in [0, 0.05) is 35.7 Å². The van der Waals surface area contributed by atoms with Gasteiger partial charge in [0.2, 0.25) is 0 Å². The van der Waals surface area contributed by atoms with Gasteiger partial charge in [-0.2, -0.15) is 0 Å². The summed E-state index contributed by atoms with van der Waals surface area (Å²) in [4.78, 5) is 23.9. The van der Waals surface area contributed by atoms with Gasteiger partial charge in [-0.05, 0) is 42.7 Å². The Balaban J connectivity index is 1.59. The van der Waals surface area contributed by atoms with Gasteiger partial charge in [0.25, 0.3) is 5.91 Å². The first-order valence-corrected chi connectivity index (χ1v) is 8.83. The quantitative estimate of drug-likeness (QED) is 0.525. The van der Waals surface area contributed by atoms with E-state index in [4.69, 9.17) is 17.3 Å². The zero-order valence-electron chi connectivity index (χ0n) is 14.1. The minimum atomic E-state index is -0.127. The molecule has 0 saturated heterocycles. The van der Waals surface area contributed by atoms with Crippen molar-refractivity contribution in [1.82, 2.24) is 5.32 Å². The number of rotatable bonds is 9. The van der Waals surface area contributed by atoms with Gasteiger partial charge >= 0.3 is 0 Å². The van der Waals surface area contributed by atoms with Gasteiger partial charge in [0.1, 0.15) is 5.78 Å². The molecule has 0 heterocycles. The molecular formula is C20H23ClN2O2. The summed E-state index contributed by atoms with van der Waals surface area (Å²) in [6.45, 7) is 0.588. The number of nitrogen functional groups attached to an aromatic ring is 1. The Hall–Kier alpha value is -2.33. The largest absolute Gasteiger partial charge is 0.398 e. The molecule has 2 aromatic carbocycles. The molecule has 0 fully saturated rings. The van der Waals surface area contributed by atoms with E-state index in [-0.39, 0.29) is 11.7 Å². The number of halogens is 1. The van der Waals surface area contributed by atoms with Crippen LogP contribution in [-0.4, -0.2) is 18.2 Å². The Kier molecular flexibility index (Phi) is 7.48. The van der Waals surface area contributed by atoms with E-state index in [0.29, 0.717) is 35.7 Å². The van der Waals surface area contributed by atoms with Crippen LogP contribution in [-0.2, 0) is 11.2 Å². The number of carbonyl (C=O) groups is 2. The maximum Gasteiger partial charge on any atom is 0.251 e. The number of para-hydroxylation sites is 1. The summed E-state index contributed by atoms with van der Waals surface area (Å²) in [7, 11) is 0. The highest BCUT2D eigenvalue weighted by molar-refractivity contribution is 6.30. The predicted octanol–water partition coefficient (Wildman–Crippen LogP) is 4.02. The predicted molar refractivity (Wildman–Crippen MR) is 102 cm³/mol. The van der Waals surface area contributed by atoms with Gasteiger partial charge in [0.15, 0.2) is 0 Å². The van der Waals surface area contributed by atoms with Crippen LogP contribution in [0, 0.1) is 0 Å². The van der Waals surface area contributed by atoms with Gasteiger partial charge in [-0.1, -0.05) is 42.3 Å². The second-order valence-corrected chi connectivity index (χ2v) is 6.43. The Morgan fingerprint density at radius 3 is 2.56 bits per heavy atom. The molecule has 3 N–H and O–H groups in total. The molecule has 0 unspecified atom stereocenters. The van der Waals surface area contributed by atoms with Crippen LogP contribution in [0.1, 0.15) is 41.6 Å². The molecule has 25 heavy (non-hydrogen) atoms. The van der Waals surface area contributed by atoms with Gasteiger partial charge < -0.3 is 11.1 Å². The lowest BCUT2D eigenvalue weighted by atomic mass is 10.0. The van der Waals surface area contributed by atoms with E-state index in [1.807, 2.05) is 24.3 Å². The van der Waals surface area contributed by atoms with Gasteiger partial charge in [-0.15, -0.1) is 0 Å². The third kappa shape index (κ3) is 6.59. The minimum absolute atomic E-state index is 0.127. The fourth-order valence-corrected chi connectivity index (χ4v) is 2.74. The Morgan fingerprint density at radius 1 is 1.00 bits per heavy atom. The number of Topliss-reactive ketones (excluding diaryl/α,β-unsaturated/α-hetero) is 1. The molecule has 0 spiro atoms. The first-order valence-electron chi connectivity index (χ1n) is 8.45. The van der Waals surface area contributed by atoms with Crippen molar-refractivity contribution in [2.45, 2.75) is 32.1 Å². The van der Waals surface area contributed by atoms with Crippen LogP contribution in [0.4, 0.5) is 5.69 Å². The molecule has 0 aliphatic heterocycles. The molecule has 0 aliphatic rings. The van der Waals surface area contributed by atoms with E-state index >= 15 is 0 Å². The van der Waals surface area contributed by atoms with E-state index < -0.39 is 0 Å². The highest BCUT2D eigenvalue weighted by atomic mass is 35.5. The van der Waals surface area contributed by atoms with Crippen LogP contribution < -0.4 is 11.1 Å². The maximum absolute atomic E-state index is 12.0. The van der Waals surface area contributed by atoms with Gasteiger partial charge in [-0.3, -0.25) is 9.59 Å². The zero-order chi connectivity index (χ0) is 18.1. The number of carbonyl (C=O) groups excluding carboxylic acids is 2. The number of nitrogens with two attached hydrogens (primary N) is 1. The van der Waals surface area contributed by atoms with Crippen LogP contribution in [0.5, 0.6) is 0 Å². The number of hydrogen-bond acceptors (Lipinski definition) is 3. The topological polar surface area (TPSA) is 72.2 Å². The number of ketones is 1. The third-order valence-electron chi connectivity index (χ3n) is 3.95. The number of anilines is 1. The van der Waals surface area contributed by atoms with Crippen LogP contribution in [0.15, 0.2) is 48.5 Å². The fraction of sp³-hybridized carbons (Fsp3) is 0.300. The molecule has 2 rings (SSSR count). The SMILES string of the molecule is Nc1ccccc1CC(=O)CCCCCNC(=O)c1cccc(Cl)c1. The third-order valence-corrected chi connectivity index (χ3v) is 4.18. The molecule has 1 amide bonds. The fourth-order valence-electron chi connectivity index (χ4n) is 2.55. The van der Waals surface area contributed by atoms with Crippen LogP contribution in [0.3, 0.4) is 0 Å². The maximum atomic E-state index is 12.0. The van der Waals surface area contributed by atoms with Crippen LogP contribution in [0.25, 0.3) is 0 Å². The van der Waals surface area contributed by atoms with E-state index in [1.165, 1.54) is 0 Å². The number of amides is 1. The summed E-state index contributed by atoms with van der Waals surface area (Å²) in [5, 5.41) is 3.41. The lowest BCUT2D eigenvalue weighted by Gasteiger charge is -2.06. The molecule has 0 saturated carbocycles. The molecule has 5 heteroatoms. The van der Waals surface area contributed by atoms with E-state index in [0.717, 1.165) is 24.8 Å². The second-order valence-electron chi connectivity index (χ2n) is 5.99. The average Bonchev–Trinajstić information content (AvgIpc) is 2.60. The second kappa shape index (κ2) is 9.84. The standard InChI is InChI=1S/C20H23ClN2O2/c21-17-9-6-8-16(13-17)20(25)23-12-5-1-2-10-18(24)14-15-7-3-4-11-19(15)22/h3-4,6-9,11,13H,1-2,5,10,12,14,22H2,(H,23,25). The summed E-state index contributed by atoms with van der Waals surface area (Å²) >= 11 is 5.87. The number of hydrogen-bond donors (Lipinski definition) is 2. The van der Waals surface area contributed by atoms with Gasteiger partial charge in [-0.25, -0.2) is 0 Å². The average molecular weight is 359 g/mol. The van der Waals surface area contributed by atoms with Crippen molar-refractivity contribution in [1.29, 1.82) is 0 Å². The molecule has 0 radical (unpaired) electrons. The first-order chi connectivity index (χ1) is 12.1. The monoisotopic (exact) mass is 358 g/mol. The van der Waals surface area contributed by atoms with Crippen molar-refractivity contribution in [3.8, 4) is 0 Å². The van der Waals surface area contributed by atoms with Crippen molar-refractivity contribution < 1.29 is 9.59 Å². The van der Waals surface area contributed by atoms with E-state index in [2.05, 4.69) is 5.32 Å². The highest BCUT2D eigenvalue weighted by Gasteiger charge is 2.07. The Morgan fingerprint density at radius 2 is 1.80 bits per heavy atom. The summed E-state index contributed by atoms with van der Waals surface area (Å²) in [6.07, 6.45) is 3.48. The van der Waals surface area contributed by atoms with E-state index in [1.54, 1.807) is 24.3 Å². The summed E-state index contributed by atoms with van der Waals surface area (Å²) < 4.78 is 0. The minimum Gasteiger partial charge on any atom is -0.398 e. The smallest absolute Gasteiger partial charge is 0.251 e. The zero-order valence-corrected chi connectivity index (χ0v) is 14.9. The normalized spacial score (nSPS) is 10.4. The van der Waals surface area contributed by atoms with Crippen molar-refractivity contribution in [3.05, 3.63) is 64.7 Å². The molecule has 0 aromatic heterocycles. The lowest BCUT2D eigenvalue weighted by Crippen LogP contribution is -2.24. The highest BCUT2D eigenvalue weighted by Crippen LogP contribution is 2.13. The number of unbranched alkanes of at least 4 members (excludes halogenated alkanes) is 2. The molecule has 132 valence electrons. The molecule has 4 nitrogen and oxygen atoms in total. The van der Waals surface area contributed by atoms with Crippen LogP contribution in [0.2, 0.25) is 5.02 Å². The molecule has 2 aromatic rings. The van der Waals surface area contributed by atoms with Crippen molar-refractivity contribution in [3.63, 3.8) is 0 Å². The Labute approximate surface area is 153 Å². The molecule has 0 atom stereocenters. The van der Waals surface area contributed by atoms with Crippen LogP contribution >= 0.6 is 11.6 Å². The summed E-state index contributed by atoms with van der Waals surface area (Å²) in [5.74, 6) is 0.0685. The van der Waals surface area contributed by atoms with Crippen molar-refractivity contribution in [2.24, 2.45) is 0 Å². The molecule has 0 bridgehead atoms. The number of benzene rings is 2. The summed E-state index contributed by atoms with van der Waals surface area (Å²) in [5.41, 5.74) is 7.96. The first kappa shape index (κ1) is 19.0. The number of nitrogens with one attached hydrogen (secondary N) is 1. The Bertz CT molecular complexity index is 731. The van der Waals surface area contributed by atoms with Crippen molar-refractivity contribution >= 4 is 29.0 Å². The van der Waals surface area contributed by atoms with E-state index in [9.17, 15) is 9.59 Å². The van der Waals surface area contributed by atoms with Crippen molar-refractivity contribution in [2.75, 3.05) is 12.3 Å². The van der Waals surface area contributed by atoms with Gasteiger partial charge in [0.05, 0.1) is 0 Å². The summed E-state index contributed by atoms with van der Waals surface area (Å²) in [6, 6.07) is 14.3.